The average molecular weight is 415 g/mol. The molecule has 2 aromatic carbocycles. The Hall–Kier alpha value is -4.07. The van der Waals surface area contributed by atoms with E-state index in [2.05, 4.69) is 25.3 Å². The molecule has 0 unspecified atom stereocenters. The molecule has 5 rings (SSSR count). The maximum absolute atomic E-state index is 13.9. The Morgan fingerprint density at radius 1 is 1.06 bits per heavy atom. The molecule has 7 nitrogen and oxygen atoms in total. The molecular weight excluding hydrogens is 397 g/mol. The highest BCUT2D eigenvalue weighted by atomic mass is 19.1. The van der Waals surface area contributed by atoms with Gasteiger partial charge < -0.3 is 14.7 Å². The lowest BCUT2D eigenvalue weighted by molar-refractivity contribution is 0.531. The van der Waals surface area contributed by atoms with Gasteiger partial charge in [-0.25, -0.2) is 19.3 Å². The summed E-state index contributed by atoms with van der Waals surface area (Å²) < 4.78 is 19.9. The average Bonchev–Trinajstić information content (AvgIpc) is 3.26. The fourth-order valence-electron chi connectivity index (χ4n) is 3.66. The van der Waals surface area contributed by atoms with E-state index in [0.29, 0.717) is 58.7 Å². The number of hydrogen-bond donors (Lipinski definition) is 2. The van der Waals surface area contributed by atoms with E-state index in [0.717, 1.165) is 5.52 Å². The van der Waals surface area contributed by atoms with Crippen LogP contribution in [0, 0.1) is 5.82 Å². The first-order valence-electron chi connectivity index (χ1n) is 9.89. The van der Waals surface area contributed by atoms with Gasteiger partial charge in [-0.2, -0.15) is 0 Å². The monoisotopic (exact) mass is 415 g/mol. The SMILES string of the molecule is O=c1c(-c2cccc(F)c2)c(CCCNc2ncnc3nc[nH]c23)oc2ccccc12. The zero-order valence-electron chi connectivity index (χ0n) is 16.4. The summed E-state index contributed by atoms with van der Waals surface area (Å²) in [6.45, 7) is 0.588. The second kappa shape index (κ2) is 7.98. The van der Waals surface area contributed by atoms with Crippen molar-refractivity contribution in [2.75, 3.05) is 11.9 Å². The molecule has 0 saturated heterocycles. The number of aryl methyl sites for hydroxylation is 1. The summed E-state index contributed by atoms with van der Waals surface area (Å²) in [7, 11) is 0. The fraction of sp³-hybridized carbons (Fsp3) is 0.130. The van der Waals surface area contributed by atoms with Crippen LogP contribution in [-0.4, -0.2) is 26.5 Å². The Balaban J connectivity index is 1.44. The summed E-state index contributed by atoms with van der Waals surface area (Å²) in [4.78, 5) is 28.7. The maximum atomic E-state index is 13.9. The van der Waals surface area contributed by atoms with Crippen LogP contribution in [0.5, 0.6) is 0 Å². The number of nitrogens with one attached hydrogen (secondary N) is 2. The van der Waals surface area contributed by atoms with Gasteiger partial charge in [0.05, 0.1) is 17.3 Å². The minimum atomic E-state index is -0.398. The van der Waals surface area contributed by atoms with Gasteiger partial charge in [-0.15, -0.1) is 0 Å². The van der Waals surface area contributed by atoms with Crippen molar-refractivity contribution in [1.82, 2.24) is 19.9 Å². The number of hydrogen-bond acceptors (Lipinski definition) is 6. The molecule has 0 atom stereocenters. The summed E-state index contributed by atoms with van der Waals surface area (Å²) >= 11 is 0. The maximum Gasteiger partial charge on any atom is 0.200 e. The Kier molecular flexibility index (Phi) is 4.87. The van der Waals surface area contributed by atoms with E-state index >= 15 is 0 Å². The van der Waals surface area contributed by atoms with Crippen molar-refractivity contribution in [1.29, 1.82) is 0 Å². The van der Waals surface area contributed by atoms with Gasteiger partial charge in [-0.05, 0) is 36.2 Å². The van der Waals surface area contributed by atoms with Gasteiger partial charge in [-0.3, -0.25) is 4.79 Å². The molecular formula is C23H18FN5O2. The smallest absolute Gasteiger partial charge is 0.200 e. The summed E-state index contributed by atoms with van der Waals surface area (Å²) in [5.74, 6) is 0.795. The van der Waals surface area contributed by atoms with Crippen LogP contribution in [0.25, 0.3) is 33.3 Å². The van der Waals surface area contributed by atoms with Gasteiger partial charge in [0, 0.05) is 13.0 Å². The summed E-state index contributed by atoms with van der Waals surface area (Å²) in [5, 5.41) is 3.74. The van der Waals surface area contributed by atoms with Crippen molar-refractivity contribution >= 4 is 28.0 Å². The lowest BCUT2D eigenvalue weighted by atomic mass is 10.00. The molecule has 3 heterocycles. The lowest BCUT2D eigenvalue weighted by Crippen LogP contribution is -2.11. The number of nitrogens with zero attached hydrogens (tertiary/aromatic N) is 3. The first kappa shape index (κ1) is 18.9. The Morgan fingerprint density at radius 2 is 1.97 bits per heavy atom. The normalized spacial score (nSPS) is 11.3. The molecule has 8 heteroatoms. The molecule has 0 fully saturated rings. The van der Waals surface area contributed by atoms with E-state index in [9.17, 15) is 9.18 Å². The predicted octanol–water partition coefficient (Wildman–Crippen LogP) is 4.31. The number of fused-ring (bicyclic) bond motifs is 2. The topological polar surface area (TPSA) is 96.7 Å². The van der Waals surface area contributed by atoms with Gasteiger partial charge in [-0.1, -0.05) is 24.3 Å². The molecule has 3 aromatic heterocycles. The Bertz CT molecular complexity index is 1440. The van der Waals surface area contributed by atoms with Crippen LogP contribution in [0.2, 0.25) is 0 Å². The highest BCUT2D eigenvalue weighted by molar-refractivity contribution is 5.83. The number of benzene rings is 2. The van der Waals surface area contributed by atoms with E-state index in [1.807, 2.05) is 6.07 Å². The fourth-order valence-corrected chi connectivity index (χ4v) is 3.66. The molecule has 0 aliphatic carbocycles. The van der Waals surface area contributed by atoms with E-state index in [1.54, 1.807) is 36.7 Å². The number of anilines is 1. The number of imidazole rings is 1. The minimum absolute atomic E-state index is 0.162. The van der Waals surface area contributed by atoms with E-state index in [-0.39, 0.29) is 5.43 Å². The zero-order chi connectivity index (χ0) is 21.2. The number of aromatic amines is 1. The number of H-pyrrole nitrogens is 1. The number of halogens is 1. The number of aromatic nitrogens is 4. The van der Waals surface area contributed by atoms with Gasteiger partial charge in [0.25, 0.3) is 0 Å². The van der Waals surface area contributed by atoms with Crippen LogP contribution >= 0.6 is 0 Å². The second-order valence-electron chi connectivity index (χ2n) is 7.09. The van der Waals surface area contributed by atoms with Crippen LogP contribution in [0.4, 0.5) is 10.2 Å². The molecule has 0 spiro atoms. The third-order valence-electron chi connectivity index (χ3n) is 5.08. The molecule has 0 bridgehead atoms. The number of para-hydroxylation sites is 1. The van der Waals surface area contributed by atoms with E-state index in [4.69, 9.17) is 4.42 Å². The van der Waals surface area contributed by atoms with Crippen LogP contribution in [0.15, 0.2) is 70.4 Å². The molecule has 0 saturated carbocycles. The molecule has 154 valence electrons. The zero-order valence-corrected chi connectivity index (χ0v) is 16.4. The molecule has 2 N–H and O–H groups in total. The van der Waals surface area contributed by atoms with Crippen LogP contribution in [0.1, 0.15) is 12.2 Å². The van der Waals surface area contributed by atoms with Crippen molar-refractivity contribution in [3.8, 4) is 11.1 Å². The van der Waals surface area contributed by atoms with Crippen molar-refractivity contribution < 1.29 is 8.81 Å². The van der Waals surface area contributed by atoms with Gasteiger partial charge in [0.15, 0.2) is 11.5 Å². The van der Waals surface area contributed by atoms with Crippen molar-refractivity contribution in [3.63, 3.8) is 0 Å². The molecule has 0 amide bonds. The third-order valence-corrected chi connectivity index (χ3v) is 5.08. The molecule has 0 aliphatic rings. The molecule has 0 radical (unpaired) electrons. The van der Waals surface area contributed by atoms with Crippen LogP contribution in [-0.2, 0) is 6.42 Å². The molecule has 5 aromatic rings. The van der Waals surface area contributed by atoms with Crippen LogP contribution in [0.3, 0.4) is 0 Å². The second-order valence-corrected chi connectivity index (χ2v) is 7.09. The highest BCUT2D eigenvalue weighted by Gasteiger charge is 2.16. The van der Waals surface area contributed by atoms with E-state index < -0.39 is 5.82 Å². The van der Waals surface area contributed by atoms with E-state index in [1.165, 1.54) is 18.5 Å². The Morgan fingerprint density at radius 3 is 2.87 bits per heavy atom. The van der Waals surface area contributed by atoms with Gasteiger partial charge >= 0.3 is 0 Å². The van der Waals surface area contributed by atoms with Crippen molar-refractivity contribution in [3.05, 3.63) is 83.0 Å². The first-order chi connectivity index (χ1) is 15.2. The summed E-state index contributed by atoms with van der Waals surface area (Å²) in [6.07, 6.45) is 4.19. The predicted molar refractivity (Wildman–Crippen MR) is 116 cm³/mol. The van der Waals surface area contributed by atoms with Crippen LogP contribution < -0.4 is 10.7 Å². The summed E-state index contributed by atoms with van der Waals surface area (Å²) in [5.41, 5.74) is 2.59. The quantitative estimate of drug-likeness (QED) is 0.401. The first-order valence-corrected chi connectivity index (χ1v) is 9.89. The van der Waals surface area contributed by atoms with Crippen molar-refractivity contribution in [2.24, 2.45) is 0 Å². The third kappa shape index (κ3) is 3.63. The van der Waals surface area contributed by atoms with Crippen molar-refractivity contribution in [2.45, 2.75) is 12.8 Å². The lowest BCUT2D eigenvalue weighted by Gasteiger charge is -2.11. The van der Waals surface area contributed by atoms with Gasteiger partial charge in [0.2, 0.25) is 5.43 Å². The highest BCUT2D eigenvalue weighted by Crippen LogP contribution is 2.26. The Labute approximate surface area is 176 Å². The van der Waals surface area contributed by atoms with Gasteiger partial charge in [0.1, 0.15) is 29.0 Å². The summed E-state index contributed by atoms with van der Waals surface area (Å²) in [6, 6.07) is 13.1. The standard InChI is InChI=1S/C23H18FN5O2/c24-15-6-3-5-14(11-15)19-18(31-17-8-2-1-7-16(17)21(19)30)9-4-10-25-22-20-23(27-12-26-20)29-13-28-22/h1-3,5-8,11-13H,4,9-10H2,(H2,25,26,27,28,29). The largest absolute Gasteiger partial charge is 0.460 e. The molecule has 31 heavy (non-hydrogen) atoms. The number of rotatable bonds is 6. The molecule has 0 aliphatic heterocycles. The minimum Gasteiger partial charge on any atom is -0.460 e.